The number of aryl methyl sites for hydroxylation is 1. The maximum absolute atomic E-state index is 15.7. The van der Waals surface area contributed by atoms with Gasteiger partial charge >= 0.3 is 0 Å². The fourth-order valence-corrected chi connectivity index (χ4v) is 6.14. The molecule has 1 amide bonds. The average molecular weight is 568 g/mol. The van der Waals surface area contributed by atoms with Crippen molar-refractivity contribution in [2.24, 2.45) is 10.9 Å². The SMILES string of the molecule is COc1nc(N2CC3CSC(NC(=O)c4ccccc4)=NC3(c3cc(COC(C)C)ccc3F)C2)nc(C)c1F. The molecule has 0 aliphatic carbocycles. The summed E-state index contributed by atoms with van der Waals surface area (Å²) in [5.74, 6) is -0.783. The summed E-state index contributed by atoms with van der Waals surface area (Å²) in [6.07, 6.45) is 0.0131. The largest absolute Gasteiger partial charge is 0.479 e. The number of nitrogens with zero attached hydrogens (tertiary/aromatic N) is 4. The predicted octanol–water partition coefficient (Wildman–Crippen LogP) is 4.86. The molecule has 2 unspecified atom stereocenters. The number of thioether (sulfide) groups is 1. The highest BCUT2D eigenvalue weighted by Gasteiger charge is 2.52. The number of rotatable bonds is 7. The number of carbonyl (C=O) groups is 1. The topological polar surface area (TPSA) is 88.9 Å². The van der Waals surface area contributed by atoms with E-state index in [1.54, 1.807) is 43.3 Å². The molecule has 2 aromatic carbocycles. The molecule has 0 saturated carbocycles. The molecule has 0 bridgehead atoms. The summed E-state index contributed by atoms with van der Waals surface area (Å²) in [6.45, 7) is 6.43. The molecule has 1 saturated heterocycles. The molecule has 210 valence electrons. The fraction of sp³-hybridized carbons (Fsp3) is 0.379. The van der Waals surface area contributed by atoms with E-state index in [9.17, 15) is 9.18 Å². The van der Waals surface area contributed by atoms with Gasteiger partial charge in [-0.05, 0) is 50.6 Å². The van der Waals surface area contributed by atoms with Gasteiger partial charge in [0.05, 0.1) is 32.1 Å². The Morgan fingerprint density at radius 1 is 1.20 bits per heavy atom. The number of nitrogens with one attached hydrogen (secondary N) is 1. The number of hydrogen-bond donors (Lipinski definition) is 1. The second-order valence-electron chi connectivity index (χ2n) is 10.2. The van der Waals surface area contributed by atoms with E-state index in [0.717, 1.165) is 5.56 Å². The molecule has 3 aromatic rings. The first kappa shape index (κ1) is 28.0. The highest BCUT2D eigenvalue weighted by molar-refractivity contribution is 8.13. The van der Waals surface area contributed by atoms with Crippen molar-refractivity contribution < 1.29 is 23.0 Å². The molecular weight excluding hydrogens is 536 g/mol. The second-order valence-corrected chi connectivity index (χ2v) is 11.2. The first-order chi connectivity index (χ1) is 19.2. The zero-order chi connectivity index (χ0) is 28.4. The van der Waals surface area contributed by atoms with Gasteiger partial charge in [0.2, 0.25) is 11.8 Å². The van der Waals surface area contributed by atoms with Gasteiger partial charge in [-0.1, -0.05) is 36.0 Å². The number of fused-ring (bicyclic) bond motifs is 1. The summed E-state index contributed by atoms with van der Waals surface area (Å²) in [6, 6.07) is 13.8. The molecule has 40 heavy (non-hydrogen) atoms. The zero-order valence-electron chi connectivity index (χ0n) is 22.8. The number of aliphatic imine (C=N–C) groups is 1. The molecule has 0 radical (unpaired) electrons. The lowest BCUT2D eigenvalue weighted by Gasteiger charge is -2.36. The Morgan fingerprint density at radius 3 is 2.70 bits per heavy atom. The van der Waals surface area contributed by atoms with Crippen LogP contribution in [0.3, 0.4) is 0 Å². The Hall–Kier alpha value is -3.57. The molecule has 1 aromatic heterocycles. The minimum atomic E-state index is -1.05. The molecule has 2 aliphatic rings. The Kier molecular flexibility index (Phi) is 8.04. The van der Waals surface area contributed by atoms with Crippen LogP contribution in [0.2, 0.25) is 0 Å². The standard InChI is InChI=1S/C29H31F2N5O3S/c1-17(2)39-14-19-10-11-23(30)22(12-19)29-16-36(27-32-18(3)24(31)26(34-27)38-4)13-21(29)15-40-28(35-29)33-25(37)20-8-6-5-7-9-20/h5-12,17,21H,13-16H2,1-4H3,(H,33,35,37). The van der Waals surface area contributed by atoms with Crippen LogP contribution in [-0.2, 0) is 16.9 Å². The van der Waals surface area contributed by atoms with E-state index in [0.29, 0.717) is 35.2 Å². The van der Waals surface area contributed by atoms with Crippen molar-refractivity contribution in [3.8, 4) is 5.88 Å². The van der Waals surface area contributed by atoms with Gasteiger partial charge < -0.3 is 19.7 Å². The van der Waals surface area contributed by atoms with E-state index in [1.807, 2.05) is 24.8 Å². The number of amidine groups is 1. The minimum Gasteiger partial charge on any atom is -0.479 e. The third kappa shape index (κ3) is 5.53. The second kappa shape index (κ2) is 11.5. The summed E-state index contributed by atoms with van der Waals surface area (Å²) in [5, 5.41) is 3.32. The molecule has 1 fully saturated rings. The number of hydrogen-bond acceptors (Lipinski definition) is 8. The lowest BCUT2D eigenvalue weighted by atomic mass is 9.81. The Labute approximate surface area is 236 Å². The van der Waals surface area contributed by atoms with Gasteiger partial charge in [-0.25, -0.2) is 14.4 Å². The summed E-state index contributed by atoms with van der Waals surface area (Å²) in [4.78, 5) is 28.5. The molecule has 1 N–H and O–H groups in total. The van der Waals surface area contributed by atoms with Gasteiger partial charge in [0.1, 0.15) is 11.4 Å². The normalized spacial score (nSPS) is 20.3. The van der Waals surface area contributed by atoms with Crippen LogP contribution in [-0.4, -0.2) is 53.1 Å². The van der Waals surface area contributed by atoms with Crippen molar-refractivity contribution in [3.05, 3.63) is 82.5 Å². The quantitative estimate of drug-likeness (QED) is 0.436. The van der Waals surface area contributed by atoms with Crippen molar-refractivity contribution in [1.29, 1.82) is 0 Å². The maximum Gasteiger partial charge on any atom is 0.257 e. The Balaban J connectivity index is 1.56. The number of benzene rings is 2. The average Bonchev–Trinajstić information content (AvgIpc) is 3.34. The van der Waals surface area contributed by atoms with Gasteiger partial charge in [-0.15, -0.1) is 0 Å². The lowest BCUT2D eigenvalue weighted by molar-refractivity contribution is 0.0655. The van der Waals surface area contributed by atoms with Crippen molar-refractivity contribution in [3.63, 3.8) is 0 Å². The Bertz CT molecular complexity index is 1440. The zero-order valence-corrected chi connectivity index (χ0v) is 23.6. The van der Waals surface area contributed by atoms with Gasteiger partial charge in [0, 0.05) is 29.3 Å². The van der Waals surface area contributed by atoms with Crippen molar-refractivity contribution in [2.45, 2.75) is 39.0 Å². The summed E-state index contributed by atoms with van der Waals surface area (Å²) >= 11 is 1.41. The molecule has 5 rings (SSSR count). The summed E-state index contributed by atoms with van der Waals surface area (Å²) < 4.78 is 41.0. The molecule has 3 heterocycles. The minimum absolute atomic E-state index is 0.0131. The molecule has 8 nitrogen and oxygen atoms in total. The molecule has 0 spiro atoms. The Morgan fingerprint density at radius 2 is 1.98 bits per heavy atom. The van der Waals surface area contributed by atoms with Crippen LogP contribution in [0.15, 0.2) is 53.5 Å². The van der Waals surface area contributed by atoms with Crippen molar-refractivity contribution in [2.75, 3.05) is 30.9 Å². The van der Waals surface area contributed by atoms with Crippen LogP contribution in [0.25, 0.3) is 0 Å². The van der Waals surface area contributed by atoms with Crippen LogP contribution < -0.4 is 15.0 Å². The molecule has 11 heteroatoms. The highest BCUT2D eigenvalue weighted by atomic mass is 32.2. The molecule has 2 atom stereocenters. The highest BCUT2D eigenvalue weighted by Crippen LogP contribution is 2.47. The lowest BCUT2D eigenvalue weighted by Crippen LogP contribution is -2.43. The van der Waals surface area contributed by atoms with Crippen molar-refractivity contribution in [1.82, 2.24) is 15.3 Å². The van der Waals surface area contributed by atoms with Crippen LogP contribution in [0, 0.1) is 24.5 Å². The van der Waals surface area contributed by atoms with Gasteiger partial charge in [-0.3, -0.25) is 4.79 Å². The van der Waals surface area contributed by atoms with E-state index in [2.05, 4.69) is 15.3 Å². The smallest absolute Gasteiger partial charge is 0.257 e. The van der Waals surface area contributed by atoms with E-state index in [4.69, 9.17) is 14.5 Å². The number of halogens is 2. The maximum atomic E-state index is 15.7. The number of carbonyl (C=O) groups excluding carboxylic acids is 1. The van der Waals surface area contributed by atoms with Crippen LogP contribution >= 0.6 is 11.8 Å². The van der Waals surface area contributed by atoms with E-state index < -0.39 is 17.2 Å². The van der Waals surface area contributed by atoms with Crippen molar-refractivity contribution >= 4 is 28.8 Å². The summed E-state index contributed by atoms with van der Waals surface area (Å²) in [5.41, 5.74) is 0.814. The molecular formula is C29H31F2N5O3S. The van der Waals surface area contributed by atoms with E-state index in [1.165, 1.54) is 24.9 Å². The predicted molar refractivity (Wildman–Crippen MR) is 151 cm³/mol. The van der Waals surface area contributed by atoms with E-state index >= 15 is 4.39 Å². The van der Waals surface area contributed by atoms with Gasteiger partial charge in [-0.2, -0.15) is 9.37 Å². The van der Waals surface area contributed by atoms with E-state index in [-0.39, 0.29) is 42.0 Å². The monoisotopic (exact) mass is 567 g/mol. The van der Waals surface area contributed by atoms with Crippen LogP contribution in [0.1, 0.15) is 41.0 Å². The fourth-order valence-electron chi connectivity index (χ4n) is 5.00. The number of aromatic nitrogens is 2. The first-order valence-corrected chi connectivity index (χ1v) is 14.0. The van der Waals surface area contributed by atoms with Gasteiger partial charge in [0.25, 0.3) is 11.8 Å². The van der Waals surface area contributed by atoms with Crippen LogP contribution in [0.5, 0.6) is 5.88 Å². The number of anilines is 1. The summed E-state index contributed by atoms with van der Waals surface area (Å²) in [7, 11) is 1.35. The molecule has 2 aliphatic heterocycles. The number of ether oxygens (including phenoxy) is 2. The first-order valence-electron chi connectivity index (χ1n) is 13.0. The third-order valence-electron chi connectivity index (χ3n) is 7.06. The van der Waals surface area contributed by atoms with Crippen LogP contribution in [0.4, 0.5) is 14.7 Å². The number of amides is 1. The third-order valence-corrected chi connectivity index (χ3v) is 8.09. The number of methoxy groups -OCH3 is 1. The van der Waals surface area contributed by atoms with Gasteiger partial charge in [0.15, 0.2) is 5.17 Å².